The van der Waals surface area contributed by atoms with Crippen molar-refractivity contribution in [2.24, 2.45) is 12.8 Å². The molecule has 0 aliphatic carbocycles. The molecule has 0 fully saturated rings. The lowest BCUT2D eigenvalue weighted by Gasteiger charge is -2.10. The Balaban J connectivity index is 1.50. The maximum absolute atomic E-state index is 13.7. The molecular weight excluding hydrogens is 540 g/mol. The highest BCUT2D eigenvalue weighted by molar-refractivity contribution is 7.21. The fourth-order valence-electron chi connectivity index (χ4n) is 4.52. The van der Waals surface area contributed by atoms with E-state index < -0.39 is 23.9 Å². The molecule has 0 bridgehead atoms. The van der Waals surface area contributed by atoms with Gasteiger partial charge in [0.25, 0.3) is 18.2 Å². The van der Waals surface area contributed by atoms with E-state index in [0.29, 0.717) is 33.7 Å². The van der Waals surface area contributed by atoms with E-state index >= 15 is 0 Å². The summed E-state index contributed by atoms with van der Waals surface area (Å²) in [5, 5.41) is 7.31. The molecule has 0 radical (unpaired) electrons. The van der Waals surface area contributed by atoms with E-state index in [1.54, 1.807) is 30.9 Å². The number of alkyl halides is 2. The Hall–Kier alpha value is -4.58. The van der Waals surface area contributed by atoms with Crippen molar-refractivity contribution in [1.82, 2.24) is 14.8 Å². The molecule has 5 rings (SSSR count). The predicted molar refractivity (Wildman–Crippen MR) is 147 cm³/mol. The molecule has 40 heavy (non-hydrogen) atoms. The Labute approximate surface area is 231 Å². The molecule has 12 heteroatoms. The van der Waals surface area contributed by atoms with Crippen LogP contribution in [0.1, 0.15) is 54.9 Å². The Bertz CT molecular complexity index is 1750. The van der Waals surface area contributed by atoms with Crippen molar-refractivity contribution in [3.8, 4) is 16.9 Å². The van der Waals surface area contributed by atoms with E-state index in [1.165, 1.54) is 12.1 Å². The standard InChI is InChI=1S/C28H25F2N5O4S/c1-13-7-14(2)9-17(8-13)38-12-16-5-6-21(39-16)27(37)33-23-22-18(19-11-35(4)34-15(19)3)10-20(25(29)30)32-28(22)40-24(23)26(31)36/h5-11,25H,12H2,1-4H3,(H2,31,36)(H,33,37). The molecule has 2 amide bonds. The summed E-state index contributed by atoms with van der Waals surface area (Å²) in [5.41, 5.74) is 8.78. The second-order valence-electron chi connectivity index (χ2n) is 9.38. The first-order valence-corrected chi connectivity index (χ1v) is 13.0. The van der Waals surface area contributed by atoms with Crippen LogP contribution in [-0.4, -0.2) is 26.6 Å². The molecule has 3 N–H and O–H groups in total. The monoisotopic (exact) mass is 565 g/mol. The Morgan fingerprint density at radius 1 is 1.12 bits per heavy atom. The first-order chi connectivity index (χ1) is 19.0. The predicted octanol–water partition coefficient (Wildman–Crippen LogP) is 6.08. The quantitative estimate of drug-likeness (QED) is 0.235. The van der Waals surface area contributed by atoms with Gasteiger partial charge in [-0.2, -0.15) is 5.10 Å². The smallest absolute Gasteiger partial charge is 0.291 e. The van der Waals surface area contributed by atoms with Crippen molar-refractivity contribution in [2.75, 3.05) is 5.32 Å². The number of primary amides is 1. The number of rotatable bonds is 8. The normalized spacial score (nSPS) is 11.4. The second-order valence-corrected chi connectivity index (χ2v) is 10.4. The molecule has 0 aliphatic rings. The number of pyridine rings is 1. The molecule has 0 saturated heterocycles. The lowest BCUT2D eigenvalue weighted by molar-refractivity contribution is 0.0992. The van der Waals surface area contributed by atoms with Gasteiger partial charge in [0.05, 0.1) is 11.4 Å². The summed E-state index contributed by atoms with van der Waals surface area (Å²) in [6, 6.07) is 10.1. The zero-order chi connectivity index (χ0) is 28.7. The molecule has 4 aromatic heterocycles. The fraction of sp³-hybridized carbons (Fsp3) is 0.214. The van der Waals surface area contributed by atoms with Crippen LogP contribution in [0.4, 0.5) is 14.5 Å². The highest BCUT2D eigenvalue weighted by Crippen LogP contribution is 2.43. The van der Waals surface area contributed by atoms with Crippen molar-refractivity contribution < 1.29 is 27.5 Å². The molecular formula is C28H25F2N5O4S. The van der Waals surface area contributed by atoms with Crippen LogP contribution in [0.3, 0.4) is 0 Å². The molecule has 9 nitrogen and oxygen atoms in total. The number of fused-ring (bicyclic) bond motifs is 1. The van der Waals surface area contributed by atoms with Crippen LogP contribution in [0.2, 0.25) is 0 Å². The highest BCUT2D eigenvalue weighted by Gasteiger charge is 2.27. The Kier molecular flexibility index (Phi) is 7.11. The number of aryl methyl sites for hydroxylation is 4. The number of thiophene rings is 1. The number of amides is 2. The summed E-state index contributed by atoms with van der Waals surface area (Å²) in [5.74, 6) is -0.460. The number of nitrogens with one attached hydrogen (secondary N) is 1. The molecule has 0 unspecified atom stereocenters. The minimum Gasteiger partial charge on any atom is -0.486 e. The molecule has 1 aromatic carbocycles. The van der Waals surface area contributed by atoms with E-state index in [-0.39, 0.29) is 27.8 Å². The largest absolute Gasteiger partial charge is 0.486 e. The van der Waals surface area contributed by atoms with Crippen molar-refractivity contribution in [3.05, 3.63) is 81.5 Å². The van der Waals surface area contributed by atoms with Crippen molar-refractivity contribution in [3.63, 3.8) is 0 Å². The highest BCUT2D eigenvalue weighted by atomic mass is 32.1. The SMILES string of the molecule is Cc1cc(C)cc(OCc2ccc(C(=O)Nc3c(C(N)=O)sc4nc(C(F)F)cc(-c5cn(C)nc5C)c34)o2)c1. The third-order valence-electron chi connectivity index (χ3n) is 6.13. The van der Waals surface area contributed by atoms with Gasteiger partial charge >= 0.3 is 0 Å². The number of halogens is 2. The first-order valence-electron chi connectivity index (χ1n) is 12.2. The molecule has 0 aliphatic heterocycles. The zero-order valence-electron chi connectivity index (χ0n) is 22.0. The molecule has 206 valence electrons. The average Bonchev–Trinajstić information content (AvgIpc) is 3.58. The number of carbonyl (C=O) groups is 2. The van der Waals surface area contributed by atoms with Gasteiger partial charge in [-0.1, -0.05) is 6.07 Å². The number of hydrogen-bond donors (Lipinski definition) is 2. The van der Waals surface area contributed by atoms with Crippen LogP contribution < -0.4 is 15.8 Å². The number of benzene rings is 1. The zero-order valence-corrected chi connectivity index (χ0v) is 22.9. The molecule has 5 aromatic rings. The van der Waals surface area contributed by atoms with Gasteiger partial charge in [-0.05, 0) is 67.8 Å². The minimum atomic E-state index is -2.86. The van der Waals surface area contributed by atoms with Crippen LogP contribution in [-0.2, 0) is 13.7 Å². The van der Waals surface area contributed by atoms with Gasteiger partial charge in [0.15, 0.2) is 5.76 Å². The van der Waals surface area contributed by atoms with Gasteiger partial charge in [-0.25, -0.2) is 13.8 Å². The average molecular weight is 566 g/mol. The third-order valence-corrected chi connectivity index (χ3v) is 7.23. The van der Waals surface area contributed by atoms with Crippen molar-refractivity contribution >= 4 is 39.1 Å². The van der Waals surface area contributed by atoms with E-state index in [4.69, 9.17) is 14.9 Å². The van der Waals surface area contributed by atoms with E-state index in [2.05, 4.69) is 15.4 Å². The summed E-state index contributed by atoms with van der Waals surface area (Å²) >= 11 is 0.824. The van der Waals surface area contributed by atoms with Gasteiger partial charge < -0.3 is 20.2 Å². The van der Waals surface area contributed by atoms with E-state index in [9.17, 15) is 18.4 Å². The Morgan fingerprint density at radius 2 is 1.85 bits per heavy atom. The maximum atomic E-state index is 13.7. The van der Waals surface area contributed by atoms with Gasteiger partial charge in [0.2, 0.25) is 0 Å². The summed E-state index contributed by atoms with van der Waals surface area (Å²) in [4.78, 5) is 29.8. The van der Waals surface area contributed by atoms with Gasteiger partial charge in [-0.3, -0.25) is 14.3 Å². The molecule has 0 atom stereocenters. The topological polar surface area (TPSA) is 125 Å². The van der Waals surface area contributed by atoms with Crippen LogP contribution in [0, 0.1) is 20.8 Å². The fourth-order valence-corrected chi connectivity index (χ4v) is 5.54. The maximum Gasteiger partial charge on any atom is 0.291 e. The lowest BCUT2D eigenvalue weighted by atomic mass is 10.0. The first kappa shape index (κ1) is 27.0. The molecule has 0 spiro atoms. The minimum absolute atomic E-state index is 0.0324. The van der Waals surface area contributed by atoms with Gasteiger partial charge in [0, 0.05) is 24.2 Å². The lowest BCUT2D eigenvalue weighted by Crippen LogP contribution is -2.16. The number of nitrogens with zero attached hydrogens (tertiary/aromatic N) is 3. The van der Waals surface area contributed by atoms with Crippen LogP contribution >= 0.6 is 11.3 Å². The van der Waals surface area contributed by atoms with Crippen LogP contribution in [0.15, 0.2) is 47.0 Å². The number of aromatic nitrogens is 3. The number of furan rings is 1. The molecule has 0 saturated carbocycles. The summed E-state index contributed by atoms with van der Waals surface area (Å²) in [7, 11) is 1.70. The second kappa shape index (κ2) is 10.5. The van der Waals surface area contributed by atoms with Crippen LogP contribution in [0.5, 0.6) is 5.75 Å². The number of hydrogen-bond acceptors (Lipinski definition) is 7. The number of carbonyl (C=O) groups excluding carboxylic acids is 2. The van der Waals surface area contributed by atoms with Gasteiger partial charge in [0.1, 0.15) is 33.5 Å². The van der Waals surface area contributed by atoms with Crippen LogP contribution in [0.25, 0.3) is 21.3 Å². The Morgan fingerprint density at radius 3 is 2.48 bits per heavy atom. The number of nitrogens with two attached hydrogens (primary N) is 1. The van der Waals surface area contributed by atoms with E-state index in [0.717, 1.165) is 22.5 Å². The third kappa shape index (κ3) is 5.30. The summed E-state index contributed by atoms with van der Waals surface area (Å²) in [6.07, 6.45) is -1.19. The van der Waals surface area contributed by atoms with Crippen molar-refractivity contribution in [1.29, 1.82) is 0 Å². The van der Waals surface area contributed by atoms with Gasteiger partial charge in [-0.15, -0.1) is 11.3 Å². The summed E-state index contributed by atoms with van der Waals surface area (Å²) in [6.45, 7) is 5.76. The van der Waals surface area contributed by atoms with E-state index in [1.807, 2.05) is 32.0 Å². The molecule has 4 heterocycles. The number of ether oxygens (including phenoxy) is 1. The number of anilines is 1. The van der Waals surface area contributed by atoms with Crippen molar-refractivity contribution in [2.45, 2.75) is 33.8 Å². The summed E-state index contributed by atoms with van der Waals surface area (Å²) < 4.78 is 40.5.